The Hall–Kier alpha value is -1.65. The van der Waals surface area contributed by atoms with Crippen molar-refractivity contribution in [1.82, 2.24) is 0 Å². The summed E-state index contributed by atoms with van der Waals surface area (Å²) < 4.78 is 0. The van der Waals surface area contributed by atoms with Gasteiger partial charge in [0.2, 0.25) is 0 Å². The van der Waals surface area contributed by atoms with Crippen LogP contribution in [0.25, 0.3) is 0 Å². The number of hydrogen-bond donors (Lipinski definition) is 0. The van der Waals surface area contributed by atoms with E-state index in [1.165, 1.54) is 13.8 Å². The average Bonchev–Trinajstić information content (AvgIpc) is 2.31. The molecule has 0 aliphatic rings. The van der Waals surface area contributed by atoms with E-state index >= 15 is 0 Å². The minimum absolute atomic E-state index is 0. The minimum atomic E-state index is 0. The van der Waals surface area contributed by atoms with E-state index in [2.05, 4.69) is 0 Å². The van der Waals surface area contributed by atoms with E-state index in [1.54, 1.807) is 12.1 Å². The van der Waals surface area contributed by atoms with Gasteiger partial charge in [0, 0.05) is 34.9 Å². The van der Waals surface area contributed by atoms with E-state index in [4.69, 9.17) is 29.7 Å². The van der Waals surface area contributed by atoms with E-state index < -0.39 is 0 Å². The van der Waals surface area contributed by atoms with Gasteiger partial charge in [-0.1, -0.05) is 0 Å². The number of hydrogen-bond acceptors (Lipinski definition) is 6. The Labute approximate surface area is 104 Å². The van der Waals surface area contributed by atoms with Crippen LogP contribution >= 0.6 is 0 Å². The molecule has 7 heteroatoms. The molecule has 0 saturated heterocycles. The molecule has 0 aliphatic heterocycles. The Balaban J connectivity index is -0.0000000103. The van der Waals surface area contributed by atoms with Crippen LogP contribution in [0.15, 0.2) is 0 Å². The first-order valence-electron chi connectivity index (χ1n) is 2.60. The van der Waals surface area contributed by atoms with Gasteiger partial charge in [-0.2, -0.15) is 10.5 Å². The fraction of sp³-hybridized carbons (Fsp3) is 0.250. The van der Waals surface area contributed by atoms with Gasteiger partial charge in [0.15, 0.2) is 0 Å². The number of carbonyl (C=O) groups excluding carboxylic acids is 4. The molecule has 0 fully saturated rings. The molecule has 0 atom stereocenters. The van der Waals surface area contributed by atoms with Gasteiger partial charge in [-0.05, 0) is 0 Å². The zero-order valence-corrected chi connectivity index (χ0v) is 11.7. The van der Waals surface area contributed by atoms with Crippen LogP contribution in [0.2, 0.25) is 0 Å². The summed E-state index contributed by atoms with van der Waals surface area (Å²) in [5.74, 6) is 0. The van der Waals surface area contributed by atoms with Crippen LogP contribution in [0.3, 0.4) is 0 Å². The van der Waals surface area contributed by atoms with E-state index in [1.807, 2.05) is 27.2 Å². The quantitative estimate of drug-likeness (QED) is 0.592. The third kappa shape index (κ3) is 485. The van der Waals surface area contributed by atoms with Crippen molar-refractivity contribution in [2.45, 2.75) is 13.8 Å². The standard InChI is InChI=1S/2C2H3N.4CH2O.W/c2*1-2-3;4*1-2;/h2*1H3;4*1H2;. The van der Waals surface area contributed by atoms with E-state index in [-0.39, 0.29) is 21.1 Å². The Morgan fingerprint density at radius 1 is 0.667 bits per heavy atom. The second-order valence-corrected chi connectivity index (χ2v) is 0.447. The zero-order chi connectivity index (χ0) is 13.4. The molecule has 0 rings (SSSR count). The van der Waals surface area contributed by atoms with Crippen LogP contribution in [0.5, 0.6) is 0 Å². The molecule has 0 aliphatic carbocycles. The molecule has 6 nitrogen and oxygen atoms in total. The summed E-state index contributed by atoms with van der Waals surface area (Å²) in [7, 11) is 0. The normalized spacial score (nSPS) is 2.13. The molecule has 0 amide bonds. The predicted octanol–water partition coefficient (Wildman–Crippen LogP) is 0.318. The smallest absolute Gasteiger partial charge is 0.106 e. The van der Waals surface area contributed by atoms with Gasteiger partial charge in [0.25, 0.3) is 0 Å². The van der Waals surface area contributed by atoms with Crippen LogP contribution in [0.4, 0.5) is 0 Å². The van der Waals surface area contributed by atoms with E-state index in [0.29, 0.717) is 0 Å². The molecule has 0 bridgehead atoms. The molecule has 15 heavy (non-hydrogen) atoms. The summed E-state index contributed by atoms with van der Waals surface area (Å²) in [6.07, 6.45) is 0. The van der Waals surface area contributed by atoms with Crippen molar-refractivity contribution in [2.24, 2.45) is 0 Å². The van der Waals surface area contributed by atoms with Crippen molar-refractivity contribution in [3.05, 3.63) is 0 Å². The third-order valence-electron chi connectivity index (χ3n) is 0. The molecular formula is C8H14N2O4W. The Morgan fingerprint density at radius 2 is 0.667 bits per heavy atom. The van der Waals surface area contributed by atoms with E-state index in [9.17, 15) is 0 Å². The first kappa shape index (κ1) is 50.5. The van der Waals surface area contributed by atoms with Crippen molar-refractivity contribution < 1.29 is 40.2 Å². The van der Waals surface area contributed by atoms with Crippen molar-refractivity contribution >= 4 is 27.2 Å². The third-order valence-corrected chi connectivity index (χ3v) is 0. The monoisotopic (exact) mass is 386 g/mol. The van der Waals surface area contributed by atoms with Crippen LogP contribution < -0.4 is 0 Å². The summed E-state index contributed by atoms with van der Waals surface area (Å²) >= 11 is 0. The van der Waals surface area contributed by atoms with Gasteiger partial charge in [0.05, 0.1) is 12.1 Å². The van der Waals surface area contributed by atoms with Crippen molar-refractivity contribution in [2.75, 3.05) is 0 Å². The van der Waals surface area contributed by atoms with Crippen LogP contribution in [0.1, 0.15) is 13.8 Å². The maximum absolute atomic E-state index is 8.00. The minimum Gasteiger partial charge on any atom is -0.307 e. The number of nitriles is 2. The Morgan fingerprint density at radius 3 is 0.667 bits per heavy atom. The zero-order valence-electron chi connectivity index (χ0n) is 8.76. The molecule has 0 N–H and O–H groups in total. The summed E-state index contributed by atoms with van der Waals surface area (Å²) in [6.45, 7) is 10.9. The summed E-state index contributed by atoms with van der Waals surface area (Å²) in [5.41, 5.74) is 0. The van der Waals surface area contributed by atoms with Gasteiger partial charge in [-0.15, -0.1) is 0 Å². The van der Waals surface area contributed by atoms with Gasteiger partial charge in [-0.3, -0.25) is 0 Å². The first-order chi connectivity index (χ1) is 6.83. The molecule has 0 unspecified atom stereocenters. The number of rotatable bonds is 0. The van der Waals surface area contributed by atoms with E-state index in [0.717, 1.165) is 0 Å². The van der Waals surface area contributed by atoms with Gasteiger partial charge >= 0.3 is 0 Å². The molecule has 0 spiro atoms. The second-order valence-electron chi connectivity index (χ2n) is 0.447. The van der Waals surface area contributed by atoms with Gasteiger partial charge < -0.3 is 19.2 Å². The fourth-order valence-electron chi connectivity index (χ4n) is 0. The van der Waals surface area contributed by atoms with Crippen LogP contribution in [0, 0.1) is 22.7 Å². The molecule has 0 aromatic heterocycles. The first-order valence-corrected chi connectivity index (χ1v) is 2.60. The summed E-state index contributed by atoms with van der Waals surface area (Å²) in [6, 6.07) is 3.50. The van der Waals surface area contributed by atoms with Crippen molar-refractivity contribution in [3.63, 3.8) is 0 Å². The average molecular weight is 386 g/mol. The fourth-order valence-corrected chi connectivity index (χ4v) is 0. The second kappa shape index (κ2) is 13100. The van der Waals surface area contributed by atoms with Gasteiger partial charge in [-0.25, -0.2) is 0 Å². The Bertz CT molecular complexity index is 114. The van der Waals surface area contributed by atoms with Crippen molar-refractivity contribution in [3.8, 4) is 12.1 Å². The molecule has 0 aromatic rings. The molecular weight excluding hydrogens is 372 g/mol. The summed E-state index contributed by atoms with van der Waals surface area (Å²) in [4.78, 5) is 32.0. The largest absolute Gasteiger partial charge is 0.307 e. The maximum atomic E-state index is 8.00. The molecule has 0 aromatic carbocycles. The molecule has 0 saturated carbocycles. The number of carbonyl (C=O) groups is 4. The summed E-state index contributed by atoms with van der Waals surface area (Å²) in [5, 5.41) is 14.6. The number of nitrogens with zero attached hydrogens (tertiary/aromatic N) is 2. The molecule has 0 radical (unpaired) electrons. The van der Waals surface area contributed by atoms with Crippen molar-refractivity contribution in [1.29, 1.82) is 10.5 Å². The maximum Gasteiger partial charge on any atom is 0.106 e. The predicted molar refractivity (Wildman–Crippen MR) is 51.1 cm³/mol. The van der Waals surface area contributed by atoms with Crippen LogP contribution in [-0.2, 0) is 40.2 Å². The molecule has 0 heterocycles. The SMILES string of the molecule is C=O.C=O.C=O.C=O.CC#N.CC#N.[W]. The van der Waals surface area contributed by atoms with Gasteiger partial charge in [0.1, 0.15) is 27.2 Å². The topological polar surface area (TPSA) is 116 Å². The Kier molecular flexibility index (Phi) is 44100. The molecule has 86 valence electrons. The van der Waals surface area contributed by atoms with Crippen LogP contribution in [-0.4, -0.2) is 27.2 Å².